The van der Waals surface area contributed by atoms with E-state index in [2.05, 4.69) is 28.2 Å². The molecule has 3 rings (SSSR count). The predicted molar refractivity (Wildman–Crippen MR) is 73.5 cm³/mol. The molecule has 1 aliphatic heterocycles. The third-order valence-electron chi connectivity index (χ3n) is 2.53. The Morgan fingerprint density at radius 2 is 2.38 bits per heavy atom. The van der Waals surface area contributed by atoms with Crippen LogP contribution in [0.2, 0.25) is 0 Å². The molecular weight excluding hydrogens is 256 g/mol. The highest BCUT2D eigenvalue weighted by Gasteiger charge is 2.18. The first kappa shape index (κ1) is 10.8. The van der Waals surface area contributed by atoms with Crippen LogP contribution in [0.25, 0.3) is 9.88 Å². The zero-order chi connectivity index (χ0) is 10.8. The average molecular weight is 268 g/mol. The molecule has 0 aromatic carbocycles. The van der Waals surface area contributed by atoms with Crippen LogP contribution in [0.3, 0.4) is 0 Å². The van der Waals surface area contributed by atoms with Gasteiger partial charge >= 0.3 is 0 Å². The molecule has 2 aromatic rings. The fourth-order valence-electron chi connectivity index (χ4n) is 1.72. The minimum atomic E-state index is 0.448. The molecule has 0 amide bonds. The number of aromatic nitrogens is 1. The van der Waals surface area contributed by atoms with Crippen molar-refractivity contribution < 1.29 is 0 Å². The van der Waals surface area contributed by atoms with Gasteiger partial charge in [0.05, 0.1) is 16.6 Å². The van der Waals surface area contributed by atoms with Gasteiger partial charge in [-0.25, -0.2) is 4.98 Å². The predicted octanol–water partition coefficient (Wildman–Crippen LogP) is 3.25. The van der Waals surface area contributed by atoms with Crippen molar-refractivity contribution in [2.75, 3.05) is 18.1 Å². The summed E-state index contributed by atoms with van der Waals surface area (Å²) in [4.78, 5) is 6.01. The highest BCUT2D eigenvalue weighted by Crippen LogP contribution is 2.31. The normalized spacial score (nSPS) is 21.1. The molecule has 0 saturated carbocycles. The van der Waals surface area contributed by atoms with Crippen molar-refractivity contribution in [3.63, 3.8) is 0 Å². The lowest BCUT2D eigenvalue weighted by atomic mass is 10.2. The molecule has 2 aromatic heterocycles. The molecule has 1 saturated heterocycles. The summed E-state index contributed by atoms with van der Waals surface area (Å²) in [7, 11) is 0. The molecule has 1 unspecified atom stereocenters. The van der Waals surface area contributed by atoms with Gasteiger partial charge in [0, 0.05) is 23.4 Å². The summed E-state index contributed by atoms with van der Waals surface area (Å²) >= 11 is 5.52. The van der Waals surface area contributed by atoms with Crippen LogP contribution in [-0.2, 0) is 0 Å². The largest absolute Gasteiger partial charge is 0.307 e. The zero-order valence-corrected chi connectivity index (χ0v) is 11.1. The molecule has 5 heteroatoms. The highest BCUT2D eigenvalue weighted by molar-refractivity contribution is 7.99. The van der Waals surface area contributed by atoms with Crippen LogP contribution in [0, 0.1) is 0 Å². The monoisotopic (exact) mass is 268 g/mol. The minimum Gasteiger partial charge on any atom is -0.307 e. The topological polar surface area (TPSA) is 24.9 Å². The molecule has 0 radical (unpaired) electrons. The molecule has 1 atom stereocenters. The second-order valence-electron chi connectivity index (χ2n) is 3.64. The van der Waals surface area contributed by atoms with Crippen LogP contribution >= 0.6 is 34.4 Å². The molecule has 0 spiro atoms. The number of rotatable bonds is 2. The average Bonchev–Trinajstić information content (AvgIpc) is 3.01. The maximum absolute atomic E-state index is 4.73. The van der Waals surface area contributed by atoms with Gasteiger partial charge in [-0.15, -0.1) is 22.7 Å². The van der Waals surface area contributed by atoms with E-state index in [1.807, 2.05) is 11.8 Å². The van der Waals surface area contributed by atoms with Crippen molar-refractivity contribution in [3.05, 3.63) is 28.6 Å². The lowest BCUT2D eigenvalue weighted by molar-refractivity contribution is 0.584. The van der Waals surface area contributed by atoms with Crippen LogP contribution in [0.5, 0.6) is 0 Å². The molecule has 1 fully saturated rings. The standard InChI is InChI=1S/C11H12N2S3/c1-2-10(15-4-1)11-13-9(7-16-11)8-6-14-5-3-12-8/h1-2,4,7-8,12H,3,5-6H2. The number of thiophene rings is 1. The van der Waals surface area contributed by atoms with Gasteiger partial charge in [0.2, 0.25) is 0 Å². The van der Waals surface area contributed by atoms with E-state index in [1.165, 1.54) is 16.3 Å². The van der Waals surface area contributed by atoms with E-state index in [9.17, 15) is 0 Å². The molecular formula is C11H12N2S3. The molecule has 0 bridgehead atoms. The lowest BCUT2D eigenvalue weighted by Gasteiger charge is -2.21. The van der Waals surface area contributed by atoms with Gasteiger partial charge in [-0.3, -0.25) is 0 Å². The molecule has 1 aliphatic rings. The van der Waals surface area contributed by atoms with Gasteiger partial charge in [0.1, 0.15) is 5.01 Å². The van der Waals surface area contributed by atoms with E-state index in [4.69, 9.17) is 4.98 Å². The molecule has 3 heterocycles. The summed E-state index contributed by atoms with van der Waals surface area (Å²) in [6.45, 7) is 1.10. The number of thiazole rings is 1. The van der Waals surface area contributed by atoms with Gasteiger partial charge in [-0.1, -0.05) is 6.07 Å². The summed E-state index contributed by atoms with van der Waals surface area (Å²) in [5, 5.41) is 8.97. The summed E-state index contributed by atoms with van der Waals surface area (Å²) in [6.07, 6.45) is 0. The fourth-order valence-corrected chi connectivity index (χ4v) is 4.36. The van der Waals surface area contributed by atoms with Gasteiger partial charge in [-0.2, -0.15) is 11.8 Å². The Bertz CT molecular complexity index is 444. The summed E-state index contributed by atoms with van der Waals surface area (Å²) in [6, 6.07) is 4.66. The minimum absolute atomic E-state index is 0.448. The second kappa shape index (κ2) is 4.87. The van der Waals surface area contributed by atoms with Gasteiger partial charge < -0.3 is 5.32 Å². The Kier molecular flexibility index (Phi) is 3.28. The fraction of sp³-hybridized carbons (Fsp3) is 0.364. The Balaban J connectivity index is 1.82. The quantitative estimate of drug-likeness (QED) is 0.905. The third-order valence-corrected chi connectivity index (χ3v) is 5.49. The maximum atomic E-state index is 4.73. The van der Waals surface area contributed by atoms with Gasteiger partial charge in [-0.05, 0) is 11.4 Å². The second-order valence-corrected chi connectivity index (χ2v) is 6.59. The first-order valence-electron chi connectivity index (χ1n) is 5.24. The van der Waals surface area contributed by atoms with E-state index in [0.29, 0.717) is 6.04 Å². The number of nitrogens with zero attached hydrogens (tertiary/aromatic N) is 1. The Hall–Kier alpha value is -0.360. The molecule has 2 nitrogen and oxygen atoms in total. The van der Waals surface area contributed by atoms with Crippen LogP contribution in [0.4, 0.5) is 0 Å². The number of hydrogen-bond donors (Lipinski definition) is 1. The third kappa shape index (κ3) is 2.18. The van der Waals surface area contributed by atoms with Crippen molar-refractivity contribution in [2.24, 2.45) is 0 Å². The van der Waals surface area contributed by atoms with Crippen LogP contribution < -0.4 is 5.32 Å². The van der Waals surface area contributed by atoms with Crippen molar-refractivity contribution in [2.45, 2.75) is 6.04 Å². The smallest absolute Gasteiger partial charge is 0.133 e. The Labute approximate surface area is 107 Å². The first-order valence-corrected chi connectivity index (χ1v) is 8.15. The van der Waals surface area contributed by atoms with Crippen molar-refractivity contribution in [1.29, 1.82) is 0 Å². The van der Waals surface area contributed by atoms with Crippen LogP contribution in [0.1, 0.15) is 11.7 Å². The lowest BCUT2D eigenvalue weighted by Crippen LogP contribution is -2.30. The van der Waals surface area contributed by atoms with Crippen LogP contribution in [-0.4, -0.2) is 23.0 Å². The first-order chi connectivity index (χ1) is 7.93. The Morgan fingerprint density at radius 3 is 3.12 bits per heavy atom. The van der Waals surface area contributed by atoms with E-state index in [0.717, 1.165) is 17.3 Å². The summed E-state index contributed by atoms with van der Waals surface area (Å²) in [5.74, 6) is 2.37. The van der Waals surface area contributed by atoms with E-state index in [-0.39, 0.29) is 0 Å². The molecule has 16 heavy (non-hydrogen) atoms. The SMILES string of the molecule is c1csc(-c2nc(C3CSCCN3)cs2)c1. The summed E-state index contributed by atoms with van der Waals surface area (Å²) < 4.78 is 0. The number of hydrogen-bond acceptors (Lipinski definition) is 5. The highest BCUT2D eigenvalue weighted by atomic mass is 32.2. The van der Waals surface area contributed by atoms with Crippen molar-refractivity contribution in [1.82, 2.24) is 10.3 Å². The van der Waals surface area contributed by atoms with Crippen molar-refractivity contribution in [3.8, 4) is 9.88 Å². The van der Waals surface area contributed by atoms with E-state index in [1.54, 1.807) is 22.7 Å². The zero-order valence-electron chi connectivity index (χ0n) is 8.68. The Morgan fingerprint density at radius 1 is 1.38 bits per heavy atom. The van der Waals surface area contributed by atoms with Gasteiger partial charge in [0.25, 0.3) is 0 Å². The molecule has 84 valence electrons. The number of nitrogens with one attached hydrogen (secondary N) is 1. The number of thioether (sulfide) groups is 1. The van der Waals surface area contributed by atoms with E-state index < -0.39 is 0 Å². The van der Waals surface area contributed by atoms with Crippen LogP contribution in [0.15, 0.2) is 22.9 Å². The maximum Gasteiger partial charge on any atom is 0.133 e. The summed E-state index contributed by atoms with van der Waals surface area (Å²) in [5.41, 5.74) is 1.21. The molecule has 0 aliphatic carbocycles. The molecule has 1 N–H and O–H groups in total. The van der Waals surface area contributed by atoms with E-state index >= 15 is 0 Å². The van der Waals surface area contributed by atoms with Gasteiger partial charge in [0.15, 0.2) is 0 Å². The van der Waals surface area contributed by atoms with Crippen molar-refractivity contribution >= 4 is 34.4 Å².